The van der Waals surface area contributed by atoms with E-state index in [9.17, 15) is 13.6 Å². The Hall–Kier alpha value is -2.51. The lowest BCUT2D eigenvalue weighted by molar-refractivity contribution is 0.356. The van der Waals surface area contributed by atoms with Gasteiger partial charge in [0, 0.05) is 24.7 Å². The molecule has 5 nitrogen and oxygen atoms in total. The molecule has 2 heterocycles. The zero-order chi connectivity index (χ0) is 20.7. The zero-order valence-electron chi connectivity index (χ0n) is 15.3. The molecule has 9 heteroatoms. The molecule has 1 aromatic heterocycles. The number of rotatable bonds is 4. The Balaban J connectivity index is 1.82. The second-order valence-electron chi connectivity index (χ2n) is 6.58. The molecule has 1 aliphatic rings. The molecule has 0 aliphatic carbocycles. The molecule has 0 saturated carbocycles. The molecule has 1 aliphatic heterocycles. The number of nitrogens with zero attached hydrogens (tertiary/aromatic N) is 2. The van der Waals surface area contributed by atoms with Crippen LogP contribution in [0.1, 0.15) is 12.8 Å². The molecule has 29 heavy (non-hydrogen) atoms. The Kier molecular flexibility index (Phi) is 5.27. The van der Waals surface area contributed by atoms with Crippen molar-refractivity contribution in [2.45, 2.75) is 25.9 Å². The minimum absolute atomic E-state index is 0.0159. The monoisotopic (exact) mass is 440 g/mol. The van der Waals surface area contributed by atoms with Crippen LogP contribution in [-0.2, 0) is 13.1 Å². The van der Waals surface area contributed by atoms with E-state index in [0.717, 1.165) is 25.0 Å². The fourth-order valence-electron chi connectivity index (χ4n) is 3.40. The van der Waals surface area contributed by atoms with Gasteiger partial charge in [-0.05, 0) is 37.1 Å². The third-order valence-corrected chi connectivity index (χ3v) is 5.48. The summed E-state index contributed by atoms with van der Waals surface area (Å²) in [6.45, 7) is 1.10. The fraction of sp³-hybridized carbons (Fsp3) is 0.250. The predicted octanol–water partition coefficient (Wildman–Crippen LogP) is 5.50. The van der Waals surface area contributed by atoms with Crippen molar-refractivity contribution in [1.29, 1.82) is 0 Å². The van der Waals surface area contributed by atoms with Gasteiger partial charge in [-0.25, -0.2) is 13.5 Å². The minimum atomic E-state index is -0.698. The maximum atomic E-state index is 14.7. The Morgan fingerprint density at radius 1 is 0.966 bits per heavy atom. The molecular formula is C20H16Cl2F2N2O3. The van der Waals surface area contributed by atoms with Gasteiger partial charge in [-0.1, -0.05) is 23.2 Å². The predicted molar refractivity (Wildman–Crippen MR) is 106 cm³/mol. The second kappa shape index (κ2) is 7.72. The molecule has 3 aromatic rings. The van der Waals surface area contributed by atoms with Crippen molar-refractivity contribution < 1.29 is 18.3 Å². The lowest BCUT2D eigenvalue weighted by atomic mass is 10.1. The van der Waals surface area contributed by atoms with Crippen LogP contribution in [0, 0.1) is 11.6 Å². The van der Waals surface area contributed by atoms with Crippen LogP contribution in [-0.4, -0.2) is 16.5 Å². The van der Waals surface area contributed by atoms with Crippen LogP contribution >= 0.6 is 23.2 Å². The molecule has 0 spiro atoms. The van der Waals surface area contributed by atoms with E-state index in [1.54, 1.807) is 4.68 Å². The van der Waals surface area contributed by atoms with Crippen LogP contribution in [0.4, 0.5) is 8.78 Å². The molecule has 0 fully saturated rings. The number of halogens is 4. The standard InChI is InChI=1S/C20H16Cl2F2N2O3/c1-28-17-8-11(23)4-5-15(17)29-16-9-12(14(24)10-13(16)21)18-19(22)25-6-2-3-7-26(25)20(18)27/h4-5,8-10H,2-3,6-7H2,1H3. The average Bonchev–Trinajstić information content (AvgIpc) is 2.96. The first-order valence-corrected chi connectivity index (χ1v) is 9.66. The van der Waals surface area contributed by atoms with Crippen molar-refractivity contribution in [2.75, 3.05) is 7.11 Å². The molecular weight excluding hydrogens is 425 g/mol. The van der Waals surface area contributed by atoms with E-state index in [4.69, 9.17) is 32.7 Å². The second-order valence-corrected chi connectivity index (χ2v) is 7.35. The van der Waals surface area contributed by atoms with Crippen molar-refractivity contribution in [2.24, 2.45) is 0 Å². The summed E-state index contributed by atoms with van der Waals surface area (Å²) in [6.07, 6.45) is 1.73. The number of methoxy groups -OCH3 is 1. The van der Waals surface area contributed by atoms with E-state index in [0.29, 0.717) is 13.1 Å². The van der Waals surface area contributed by atoms with Crippen LogP contribution in [0.3, 0.4) is 0 Å². The van der Waals surface area contributed by atoms with Crippen molar-refractivity contribution in [3.63, 3.8) is 0 Å². The number of benzene rings is 2. The van der Waals surface area contributed by atoms with E-state index < -0.39 is 11.6 Å². The number of hydrogen-bond donors (Lipinski definition) is 0. The van der Waals surface area contributed by atoms with Crippen molar-refractivity contribution in [3.8, 4) is 28.4 Å². The third-order valence-electron chi connectivity index (χ3n) is 4.80. The molecule has 2 aromatic carbocycles. The summed E-state index contributed by atoms with van der Waals surface area (Å²) < 4.78 is 42.2. The van der Waals surface area contributed by atoms with Gasteiger partial charge < -0.3 is 9.47 Å². The van der Waals surface area contributed by atoms with Gasteiger partial charge in [0.1, 0.15) is 22.5 Å². The zero-order valence-corrected chi connectivity index (χ0v) is 16.9. The largest absolute Gasteiger partial charge is 0.493 e. The molecule has 0 N–H and O–H groups in total. The van der Waals surface area contributed by atoms with E-state index >= 15 is 0 Å². The first-order chi connectivity index (χ1) is 13.9. The summed E-state index contributed by atoms with van der Waals surface area (Å²) in [7, 11) is 1.37. The quantitative estimate of drug-likeness (QED) is 0.538. The summed E-state index contributed by atoms with van der Waals surface area (Å²) in [6, 6.07) is 6.08. The normalized spacial score (nSPS) is 13.3. The highest BCUT2D eigenvalue weighted by Crippen LogP contribution is 2.40. The molecule has 152 valence electrons. The van der Waals surface area contributed by atoms with Crippen LogP contribution in [0.2, 0.25) is 10.2 Å². The number of aromatic nitrogens is 2. The molecule has 0 atom stereocenters. The highest BCUT2D eigenvalue weighted by molar-refractivity contribution is 6.33. The highest BCUT2D eigenvalue weighted by atomic mass is 35.5. The van der Waals surface area contributed by atoms with E-state index in [1.807, 2.05) is 0 Å². The maximum absolute atomic E-state index is 14.7. The van der Waals surface area contributed by atoms with Gasteiger partial charge in [-0.3, -0.25) is 9.48 Å². The minimum Gasteiger partial charge on any atom is -0.493 e. The van der Waals surface area contributed by atoms with E-state index in [2.05, 4.69) is 0 Å². The summed E-state index contributed by atoms with van der Waals surface area (Å²) in [5, 5.41) is 0.152. The Labute approximate surface area is 175 Å². The molecule has 0 bridgehead atoms. The van der Waals surface area contributed by atoms with Gasteiger partial charge in [-0.15, -0.1) is 0 Å². The first-order valence-electron chi connectivity index (χ1n) is 8.90. The molecule has 0 amide bonds. The molecule has 0 saturated heterocycles. The molecule has 0 unspecified atom stereocenters. The van der Waals surface area contributed by atoms with Gasteiger partial charge in [0.15, 0.2) is 11.5 Å². The van der Waals surface area contributed by atoms with E-state index in [-0.39, 0.29) is 44.1 Å². The summed E-state index contributed by atoms with van der Waals surface area (Å²) in [5.74, 6) is -0.787. The number of ether oxygens (including phenoxy) is 2. The topological polar surface area (TPSA) is 45.4 Å². The Morgan fingerprint density at radius 3 is 2.38 bits per heavy atom. The highest BCUT2D eigenvalue weighted by Gasteiger charge is 2.25. The van der Waals surface area contributed by atoms with Gasteiger partial charge >= 0.3 is 0 Å². The lowest BCUT2D eigenvalue weighted by Crippen LogP contribution is -2.27. The molecule has 0 radical (unpaired) electrons. The SMILES string of the molecule is COc1cc(F)ccc1Oc1cc(-c2c(Cl)n3n(c2=O)CCCC3)c(F)cc1Cl. The summed E-state index contributed by atoms with van der Waals surface area (Å²) in [4.78, 5) is 12.8. The van der Waals surface area contributed by atoms with Gasteiger partial charge in [-0.2, -0.15) is 0 Å². The maximum Gasteiger partial charge on any atom is 0.276 e. The lowest BCUT2D eigenvalue weighted by Gasteiger charge is -2.17. The third kappa shape index (κ3) is 3.49. The number of fused-ring (bicyclic) bond motifs is 1. The smallest absolute Gasteiger partial charge is 0.276 e. The summed E-state index contributed by atoms with van der Waals surface area (Å²) in [5.41, 5.74) is -0.338. The van der Waals surface area contributed by atoms with Crippen molar-refractivity contribution in [1.82, 2.24) is 9.36 Å². The van der Waals surface area contributed by atoms with Gasteiger partial charge in [0.2, 0.25) is 0 Å². The van der Waals surface area contributed by atoms with Crippen LogP contribution in [0.25, 0.3) is 11.1 Å². The van der Waals surface area contributed by atoms with Gasteiger partial charge in [0.05, 0.1) is 17.7 Å². The van der Waals surface area contributed by atoms with E-state index in [1.165, 1.54) is 30.0 Å². The van der Waals surface area contributed by atoms with Crippen LogP contribution in [0.5, 0.6) is 17.2 Å². The van der Waals surface area contributed by atoms with Crippen molar-refractivity contribution in [3.05, 3.63) is 62.5 Å². The number of hydrogen-bond acceptors (Lipinski definition) is 3. The fourth-order valence-corrected chi connectivity index (χ4v) is 3.94. The Morgan fingerprint density at radius 2 is 1.69 bits per heavy atom. The van der Waals surface area contributed by atoms with Gasteiger partial charge in [0.25, 0.3) is 5.56 Å². The summed E-state index contributed by atoms with van der Waals surface area (Å²) >= 11 is 12.6. The Bertz CT molecular complexity index is 1160. The molecule has 4 rings (SSSR count). The first kappa shape index (κ1) is 19.8. The van der Waals surface area contributed by atoms with Crippen LogP contribution in [0.15, 0.2) is 35.1 Å². The average molecular weight is 441 g/mol. The van der Waals surface area contributed by atoms with Crippen LogP contribution < -0.4 is 15.0 Å². The van der Waals surface area contributed by atoms with Crippen molar-refractivity contribution >= 4 is 23.2 Å².